The van der Waals surface area contributed by atoms with E-state index in [4.69, 9.17) is 0 Å². The summed E-state index contributed by atoms with van der Waals surface area (Å²) in [6.07, 6.45) is 2.13. The lowest BCUT2D eigenvalue weighted by atomic mass is 10.1. The van der Waals surface area contributed by atoms with Crippen LogP contribution in [0.3, 0.4) is 0 Å². The van der Waals surface area contributed by atoms with Gasteiger partial charge in [0.15, 0.2) is 5.96 Å². The largest absolute Gasteiger partial charge is 0.357 e. The number of amides is 1. The SMILES string of the molecule is CCCC(=O)Nc1cccc(CN=C(NCC)NCCc2ccc(F)cc2)c1. The zero-order valence-electron chi connectivity index (χ0n) is 16.6. The first-order chi connectivity index (χ1) is 13.6. The van der Waals surface area contributed by atoms with Crippen LogP contribution in [0.4, 0.5) is 10.1 Å². The van der Waals surface area contributed by atoms with E-state index in [0.29, 0.717) is 19.5 Å². The van der Waals surface area contributed by atoms with Crippen molar-refractivity contribution in [2.75, 3.05) is 18.4 Å². The lowest BCUT2D eigenvalue weighted by molar-refractivity contribution is -0.116. The number of nitrogens with one attached hydrogen (secondary N) is 3. The van der Waals surface area contributed by atoms with E-state index in [1.54, 1.807) is 12.1 Å². The molecule has 0 bridgehead atoms. The van der Waals surface area contributed by atoms with Crippen molar-refractivity contribution in [3.63, 3.8) is 0 Å². The fraction of sp³-hybridized carbons (Fsp3) is 0.364. The highest BCUT2D eigenvalue weighted by molar-refractivity contribution is 5.90. The van der Waals surface area contributed by atoms with E-state index in [9.17, 15) is 9.18 Å². The van der Waals surface area contributed by atoms with Gasteiger partial charge in [0, 0.05) is 25.2 Å². The van der Waals surface area contributed by atoms with Crippen LogP contribution in [0.1, 0.15) is 37.8 Å². The van der Waals surface area contributed by atoms with E-state index in [-0.39, 0.29) is 11.7 Å². The number of benzene rings is 2. The van der Waals surface area contributed by atoms with Gasteiger partial charge in [-0.3, -0.25) is 4.79 Å². The summed E-state index contributed by atoms with van der Waals surface area (Å²) < 4.78 is 13.0. The molecule has 0 aliphatic rings. The number of hydrogen-bond acceptors (Lipinski definition) is 2. The van der Waals surface area contributed by atoms with E-state index in [1.165, 1.54) is 12.1 Å². The molecule has 0 fully saturated rings. The Morgan fingerprint density at radius 2 is 1.82 bits per heavy atom. The van der Waals surface area contributed by atoms with Crippen molar-refractivity contribution in [1.29, 1.82) is 0 Å². The van der Waals surface area contributed by atoms with Crippen molar-refractivity contribution in [1.82, 2.24) is 10.6 Å². The first kappa shape index (κ1) is 21.4. The van der Waals surface area contributed by atoms with Crippen molar-refractivity contribution in [3.8, 4) is 0 Å². The molecule has 0 unspecified atom stereocenters. The molecule has 3 N–H and O–H groups in total. The van der Waals surface area contributed by atoms with Gasteiger partial charge in [0.05, 0.1) is 6.54 Å². The minimum Gasteiger partial charge on any atom is -0.357 e. The van der Waals surface area contributed by atoms with Crippen LogP contribution < -0.4 is 16.0 Å². The highest BCUT2D eigenvalue weighted by Crippen LogP contribution is 2.12. The quantitative estimate of drug-likeness (QED) is 0.454. The van der Waals surface area contributed by atoms with Crippen molar-refractivity contribution >= 4 is 17.6 Å². The average Bonchev–Trinajstić information content (AvgIpc) is 2.68. The van der Waals surface area contributed by atoms with Crippen molar-refractivity contribution in [2.45, 2.75) is 39.7 Å². The molecule has 0 spiro atoms. The van der Waals surface area contributed by atoms with E-state index >= 15 is 0 Å². The highest BCUT2D eigenvalue weighted by Gasteiger charge is 2.03. The molecule has 0 aliphatic carbocycles. The summed E-state index contributed by atoms with van der Waals surface area (Å²) in [6.45, 7) is 5.96. The summed E-state index contributed by atoms with van der Waals surface area (Å²) in [5, 5.41) is 9.42. The summed E-state index contributed by atoms with van der Waals surface area (Å²) in [6, 6.07) is 14.3. The molecule has 0 radical (unpaired) electrons. The number of carbonyl (C=O) groups is 1. The van der Waals surface area contributed by atoms with Gasteiger partial charge in [-0.1, -0.05) is 31.2 Å². The summed E-state index contributed by atoms with van der Waals surface area (Å²) in [5.74, 6) is 0.531. The summed E-state index contributed by atoms with van der Waals surface area (Å²) in [7, 11) is 0. The molecule has 0 heterocycles. The Hall–Kier alpha value is -2.89. The van der Waals surface area contributed by atoms with E-state index in [0.717, 1.165) is 42.2 Å². The molecule has 0 aromatic heterocycles. The Labute approximate surface area is 166 Å². The predicted molar refractivity (Wildman–Crippen MR) is 113 cm³/mol. The fourth-order valence-electron chi connectivity index (χ4n) is 2.69. The summed E-state index contributed by atoms with van der Waals surface area (Å²) in [4.78, 5) is 16.4. The Morgan fingerprint density at radius 1 is 1.04 bits per heavy atom. The lowest BCUT2D eigenvalue weighted by Gasteiger charge is -2.12. The van der Waals surface area contributed by atoms with Gasteiger partial charge in [0.2, 0.25) is 5.91 Å². The molecule has 6 heteroatoms. The fourth-order valence-corrected chi connectivity index (χ4v) is 2.69. The van der Waals surface area contributed by atoms with Crippen molar-refractivity contribution < 1.29 is 9.18 Å². The van der Waals surface area contributed by atoms with Crippen LogP contribution in [0.2, 0.25) is 0 Å². The van der Waals surface area contributed by atoms with E-state index < -0.39 is 0 Å². The Bertz CT molecular complexity index is 774. The zero-order valence-corrected chi connectivity index (χ0v) is 16.6. The van der Waals surface area contributed by atoms with Crippen LogP contribution in [0.15, 0.2) is 53.5 Å². The second-order valence-electron chi connectivity index (χ2n) is 6.50. The number of guanidine groups is 1. The Kier molecular flexibility index (Phi) is 8.98. The van der Waals surface area contributed by atoms with Gasteiger partial charge in [-0.25, -0.2) is 9.38 Å². The van der Waals surface area contributed by atoms with Gasteiger partial charge in [-0.2, -0.15) is 0 Å². The standard InChI is InChI=1S/C22H29FN4O/c1-3-6-21(28)27-20-8-5-7-18(15-20)16-26-22(24-4-2)25-14-13-17-9-11-19(23)12-10-17/h5,7-12,15H,3-4,6,13-14,16H2,1-2H3,(H,27,28)(H2,24,25,26). The zero-order chi connectivity index (χ0) is 20.2. The van der Waals surface area contributed by atoms with Gasteiger partial charge < -0.3 is 16.0 Å². The predicted octanol–water partition coefficient (Wildman–Crippen LogP) is 3.86. The summed E-state index contributed by atoms with van der Waals surface area (Å²) >= 11 is 0. The number of aliphatic imine (C=N–C) groups is 1. The number of anilines is 1. The molecule has 0 saturated heterocycles. The van der Waals surface area contributed by atoms with E-state index in [1.807, 2.05) is 38.1 Å². The third-order valence-corrected chi connectivity index (χ3v) is 4.07. The maximum atomic E-state index is 13.0. The molecule has 2 aromatic carbocycles. The second kappa shape index (κ2) is 11.7. The Morgan fingerprint density at radius 3 is 2.54 bits per heavy atom. The third kappa shape index (κ3) is 7.78. The number of nitrogens with zero attached hydrogens (tertiary/aromatic N) is 1. The molecule has 0 atom stereocenters. The maximum absolute atomic E-state index is 13.0. The van der Waals surface area contributed by atoms with Gasteiger partial charge in [-0.15, -0.1) is 0 Å². The molecule has 1 amide bonds. The molecular formula is C22H29FN4O. The molecule has 5 nitrogen and oxygen atoms in total. The first-order valence-corrected chi connectivity index (χ1v) is 9.76. The highest BCUT2D eigenvalue weighted by atomic mass is 19.1. The monoisotopic (exact) mass is 384 g/mol. The van der Waals surface area contributed by atoms with Gasteiger partial charge in [0.25, 0.3) is 0 Å². The van der Waals surface area contributed by atoms with Gasteiger partial charge in [-0.05, 0) is 55.2 Å². The van der Waals surface area contributed by atoms with Crippen LogP contribution in [-0.2, 0) is 17.8 Å². The molecule has 0 aliphatic heterocycles. The normalized spacial score (nSPS) is 11.2. The molecule has 0 saturated carbocycles. The van der Waals surface area contributed by atoms with Crippen LogP contribution in [0, 0.1) is 5.82 Å². The van der Waals surface area contributed by atoms with Crippen LogP contribution >= 0.6 is 0 Å². The van der Waals surface area contributed by atoms with E-state index in [2.05, 4.69) is 20.9 Å². The minimum absolute atomic E-state index is 0.0268. The smallest absolute Gasteiger partial charge is 0.224 e. The lowest BCUT2D eigenvalue weighted by Crippen LogP contribution is -2.38. The number of rotatable bonds is 9. The van der Waals surface area contributed by atoms with Crippen LogP contribution in [0.25, 0.3) is 0 Å². The minimum atomic E-state index is -0.222. The maximum Gasteiger partial charge on any atom is 0.224 e. The number of hydrogen-bond donors (Lipinski definition) is 3. The first-order valence-electron chi connectivity index (χ1n) is 9.76. The number of carbonyl (C=O) groups excluding carboxylic acids is 1. The third-order valence-electron chi connectivity index (χ3n) is 4.07. The number of halogens is 1. The van der Waals surface area contributed by atoms with Gasteiger partial charge >= 0.3 is 0 Å². The second-order valence-corrected chi connectivity index (χ2v) is 6.50. The summed E-state index contributed by atoms with van der Waals surface area (Å²) in [5.41, 5.74) is 2.88. The van der Waals surface area contributed by atoms with Gasteiger partial charge in [0.1, 0.15) is 5.82 Å². The van der Waals surface area contributed by atoms with Crippen LogP contribution in [-0.4, -0.2) is 25.0 Å². The average molecular weight is 384 g/mol. The molecule has 28 heavy (non-hydrogen) atoms. The molecule has 150 valence electrons. The van der Waals surface area contributed by atoms with Crippen LogP contribution in [0.5, 0.6) is 0 Å². The molecule has 2 rings (SSSR count). The topological polar surface area (TPSA) is 65.5 Å². The molecule has 2 aromatic rings. The van der Waals surface area contributed by atoms with Crippen molar-refractivity contribution in [3.05, 3.63) is 65.5 Å². The van der Waals surface area contributed by atoms with Crippen molar-refractivity contribution in [2.24, 2.45) is 4.99 Å². The Balaban J connectivity index is 1.90. The molecular weight excluding hydrogens is 355 g/mol.